The Labute approximate surface area is 124 Å². The highest BCUT2D eigenvalue weighted by molar-refractivity contribution is 5.36. The van der Waals surface area contributed by atoms with Crippen molar-refractivity contribution in [3.8, 4) is 5.75 Å². The zero-order valence-electron chi connectivity index (χ0n) is 13.6. The Hall–Kier alpha value is -1.02. The number of benzene rings is 1. The minimum absolute atomic E-state index is 0.302. The Kier molecular flexibility index (Phi) is 6.54. The van der Waals surface area contributed by atoms with Gasteiger partial charge in [0.1, 0.15) is 12.4 Å². The van der Waals surface area contributed by atoms with Crippen LogP contribution in [0.25, 0.3) is 0 Å². The monoisotopic (exact) mass is 278 g/mol. The van der Waals surface area contributed by atoms with Gasteiger partial charge >= 0.3 is 0 Å². The molecule has 2 heteroatoms. The number of hydrogen-bond donors (Lipinski definition) is 1. The molecule has 0 saturated heterocycles. The minimum Gasteiger partial charge on any atom is -0.491 e. The second kappa shape index (κ2) is 7.68. The highest BCUT2D eigenvalue weighted by Crippen LogP contribution is 2.37. The van der Waals surface area contributed by atoms with Crippen LogP contribution in [-0.2, 0) is 0 Å². The molecule has 0 bridgehead atoms. The lowest BCUT2D eigenvalue weighted by Crippen LogP contribution is -2.18. The fourth-order valence-corrected chi connectivity index (χ4v) is 2.47. The first-order valence-electron chi connectivity index (χ1n) is 7.77. The van der Waals surface area contributed by atoms with Crippen LogP contribution in [0.15, 0.2) is 24.3 Å². The van der Waals surface area contributed by atoms with E-state index in [4.69, 9.17) is 4.74 Å². The first-order valence-corrected chi connectivity index (χ1v) is 7.77. The molecule has 2 unspecified atom stereocenters. The third kappa shape index (κ3) is 5.54. The van der Waals surface area contributed by atoms with Crippen molar-refractivity contribution in [3.63, 3.8) is 0 Å². The number of hydrogen-bond acceptors (Lipinski definition) is 2. The maximum absolute atomic E-state index is 9.67. The molecule has 0 fully saturated rings. The molecule has 0 aliphatic heterocycles. The molecule has 2 atom stereocenters. The van der Waals surface area contributed by atoms with E-state index in [1.165, 1.54) is 5.56 Å². The molecule has 0 amide bonds. The van der Waals surface area contributed by atoms with E-state index in [1.54, 1.807) is 0 Å². The largest absolute Gasteiger partial charge is 0.491 e. The lowest BCUT2D eigenvalue weighted by atomic mass is 9.80. The van der Waals surface area contributed by atoms with E-state index in [2.05, 4.69) is 39.8 Å². The number of rotatable bonds is 7. The molecule has 2 nitrogen and oxygen atoms in total. The number of aliphatic hydroxyl groups is 1. The van der Waals surface area contributed by atoms with Crippen LogP contribution in [0.5, 0.6) is 5.75 Å². The van der Waals surface area contributed by atoms with Crippen LogP contribution in [0.4, 0.5) is 0 Å². The second-order valence-corrected chi connectivity index (χ2v) is 6.78. The first kappa shape index (κ1) is 17.0. The summed E-state index contributed by atoms with van der Waals surface area (Å²) in [5.74, 6) is 1.43. The third-order valence-electron chi connectivity index (χ3n) is 3.61. The van der Waals surface area contributed by atoms with Gasteiger partial charge < -0.3 is 9.84 Å². The Morgan fingerprint density at radius 3 is 2.30 bits per heavy atom. The molecule has 0 aliphatic rings. The van der Waals surface area contributed by atoms with E-state index >= 15 is 0 Å². The fourth-order valence-electron chi connectivity index (χ4n) is 2.47. The van der Waals surface area contributed by atoms with Crippen LogP contribution >= 0.6 is 0 Å². The van der Waals surface area contributed by atoms with Crippen LogP contribution in [-0.4, -0.2) is 17.8 Å². The van der Waals surface area contributed by atoms with E-state index in [1.807, 2.05) is 19.1 Å². The summed E-state index contributed by atoms with van der Waals surface area (Å²) in [6, 6.07) is 8.25. The van der Waals surface area contributed by atoms with E-state index < -0.39 is 0 Å². The van der Waals surface area contributed by atoms with Crippen molar-refractivity contribution < 1.29 is 9.84 Å². The van der Waals surface area contributed by atoms with E-state index in [9.17, 15) is 5.11 Å². The van der Waals surface area contributed by atoms with Crippen LogP contribution in [0.3, 0.4) is 0 Å². The van der Waals surface area contributed by atoms with Crippen LogP contribution in [0.1, 0.15) is 65.4 Å². The summed E-state index contributed by atoms with van der Waals surface area (Å²) in [5, 5.41) is 9.67. The molecule has 1 aromatic rings. The zero-order valence-corrected chi connectivity index (χ0v) is 13.6. The van der Waals surface area contributed by atoms with Gasteiger partial charge in [-0.25, -0.2) is 0 Å². The molecule has 0 aromatic heterocycles. The molecular formula is C18H30O2. The van der Waals surface area contributed by atoms with Gasteiger partial charge in [0.25, 0.3) is 0 Å². The van der Waals surface area contributed by atoms with Crippen molar-refractivity contribution >= 4 is 0 Å². The molecule has 0 heterocycles. The van der Waals surface area contributed by atoms with Crippen molar-refractivity contribution in [2.24, 2.45) is 5.41 Å². The predicted octanol–water partition coefficient (Wildman–Crippen LogP) is 4.77. The first-order chi connectivity index (χ1) is 9.37. The van der Waals surface area contributed by atoms with E-state index in [0.717, 1.165) is 25.0 Å². The van der Waals surface area contributed by atoms with Gasteiger partial charge in [-0.05, 0) is 42.2 Å². The summed E-state index contributed by atoms with van der Waals surface area (Å²) in [6.07, 6.45) is 2.58. The average Bonchev–Trinajstić information content (AvgIpc) is 2.41. The second-order valence-electron chi connectivity index (χ2n) is 6.78. The van der Waals surface area contributed by atoms with Gasteiger partial charge in [0.15, 0.2) is 0 Å². The summed E-state index contributed by atoms with van der Waals surface area (Å²) >= 11 is 0. The van der Waals surface area contributed by atoms with Crippen LogP contribution in [0.2, 0.25) is 0 Å². The average molecular weight is 278 g/mol. The molecule has 0 spiro atoms. The molecule has 1 aromatic carbocycles. The highest BCUT2D eigenvalue weighted by Gasteiger charge is 2.21. The maximum Gasteiger partial charge on any atom is 0.122 e. The summed E-state index contributed by atoms with van der Waals surface area (Å²) in [7, 11) is 0. The summed E-state index contributed by atoms with van der Waals surface area (Å²) in [4.78, 5) is 0. The van der Waals surface area contributed by atoms with E-state index in [-0.39, 0.29) is 6.10 Å². The van der Waals surface area contributed by atoms with Crippen LogP contribution < -0.4 is 4.74 Å². The summed E-state index contributed by atoms with van der Waals surface area (Å²) < 4.78 is 5.84. The Morgan fingerprint density at radius 1 is 1.10 bits per heavy atom. The Balaban J connectivity index is 2.87. The lowest BCUT2D eigenvalue weighted by molar-refractivity contribution is 0.103. The molecule has 20 heavy (non-hydrogen) atoms. The fraction of sp³-hybridized carbons (Fsp3) is 0.667. The quantitative estimate of drug-likeness (QED) is 0.778. The minimum atomic E-state index is -0.384. The van der Waals surface area contributed by atoms with Crippen molar-refractivity contribution in [2.45, 2.75) is 65.9 Å². The van der Waals surface area contributed by atoms with Crippen LogP contribution in [0, 0.1) is 5.41 Å². The summed E-state index contributed by atoms with van der Waals surface area (Å²) in [5.41, 5.74) is 1.57. The zero-order chi connectivity index (χ0) is 15.2. The van der Waals surface area contributed by atoms with Gasteiger partial charge in [0, 0.05) is 0 Å². The standard InChI is InChI=1S/C18H30O2/c1-6-14(12-18(3,4)5)16-10-8-9-11-17(16)20-13-15(19)7-2/h8-11,14-15,19H,6-7,12-13H2,1-5H3. The van der Waals surface area contributed by atoms with E-state index in [0.29, 0.717) is 17.9 Å². The highest BCUT2D eigenvalue weighted by atomic mass is 16.5. The van der Waals surface area contributed by atoms with Crippen molar-refractivity contribution in [2.75, 3.05) is 6.61 Å². The SMILES string of the molecule is CCC(O)COc1ccccc1C(CC)CC(C)(C)C. The lowest BCUT2D eigenvalue weighted by Gasteiger charge is -2.27. The Morgan fingerprint density at radius 2 is 1.75 bits per heavy atom. The molecule has 0 saturated carbocycles. The third-order valence-corrected chi connectivity index (χ3v) is 3.61. The van der Waals surface area contributed by atoms with Gasteiger partial charge in [0.05, 0.1) is 6.10 Å². The normalized spacial score (nSPS) is 14.9. The van der Waals surface area contributed by atoms with Crippen molar-refractivity contribution in [1.82, 2.24) is 0 Å². The summed E-state index contributed by atoms with van der Waals surface area (Å²) in [6.45, 7) is 11.4. The number of ether oxygens (including phenoxy) is 1. The van der Waals surface area contributed by atoms with Gasteiger partial charge in [0.2, 0.25) is 0 Å². The van der Waals surface area contributed by atoms with Gasteiger partial charge in [-0.2, -0.15) is 0 Å². The predicted molar refractivity (Wildman–Crippen MR) is 85.3 cm³/mol. The number of para-hydroxylation sites is 1. The molecule has 1 rings (SSSR count). The number of aliphatic hydroxyl groups excluding tert-OH is 1. The molecular weight excluding hydrogens is 248 g/mol. The van der Waals surface area contributed by atoms with Crippen molar-refractivity contribution in [3.05, 3.63) is 29.8 Å². The maximum atomic E-state index is 9.67. The van der Waals surface area contributed by atoms with Gasteiger partial charge in [-0.3, -0.25) is 0 Å². The topological polar surface area (TPSA) is 29.5 Å². The molecule has 114 valence electrons. The van der Waals surface area contributed by atoms with Gasteiger partial charge in [-0.1, -0.05) is 52.8 Å². The molecule has 0 radical (unpaired) electrons. The molecule has 0 aliphatic carbocycles. The Bertz CT molecular complexity index is 393. The van der Waals surface area contributed by atoms with Crippen molar-refractivity contribution in [1.29, 1.82) is 0 Å². The smallest absolute Gasteiger partial charge is 0.122 e. The molecule has 1 N–H and O–H groups in total. The van der Waals surface area contributed by atoms with Gasteiger partial charge in [-0.15, -0.1) is 0 Å².